The number of aliphatic hydroxyl groups excluding tert-OH is 1. The van der Waals surface area contributed by atoms with Crippen LogP contribution in [0.1, 0.15) is 35.3 Å². The molecule has 3 aromatic rings. The van der Waals surface area contributed by atoms with Crippen molar-refractivity contribution in [3.05, 3.63) is 71.4 Å². The van der Waals surface area contributed by atoms with E-state index in [9.17, 15) is 9.50 Å². The third-order valence-electron chi connectivity index (χ3n) is 5.21. The van der Waals surface area contributed by atoms with Gasteiger partial charge in [-0.25, -0.2) is 9.37 Å². The number of aliphatic hydroxyl groups is 1. The average Bonchev–Trinajstić information content (AvgIpc) is 3.31. The normalized spacial score (nSPS) is 18.4. The minimum Gasteiger partial charge on any atom is -0.493 e. The van der Waals surface area contributed by atoms with Crippen molar-refractivity contribution in [1.82, 2.24) is 9.55 Å². The monoisotopic (exact) mass is 336 g/mol. The third kappa shape index (κ3) is 2.19. The standard InChI is InChI=1S/C20H17FN2O2/c21-16-8-20-12(5-6-25-20)7-15(16)19(24)9-17-13-3-1-2-4-14(13)18-10-22-11-23(17)18/h1-4,7-8,10-11,17,19,24H,5-6,9H2/t17-,19-/m0/s1. The highest BCUT2D eigenvalue weighted by molar-refractivity contribution is 5.68. The predicted molar refractivity (Wildman–Crippen MR) is 91.0 cm³/mol. The van der Waals surface area contributed by atoms with Gasteiger partial charge in [0.05, 0.1) is 37.0 Å². The minimum absolute atomic E-state index is 0.0485. The Hall–Kier alpha value is -2.66. The van der Waals surface area contributed by atoms with Gasteiger partial charge in [-0.3, -0.25) is 0 Å². The first-order chi connectivity index (χ1) is 12.2. The van der Waals surface area contributed by atoms with Crippen molar-refractivity contribution >= 4 is 0 Å². The summed E-state index contributed by atoms with van der Waals surface area (Å²) in [5, 5.41) is 10.8. The molecule has 0 saturated carbocycles. The van der Waals surface area contributed by atoms with E-state index in [1.165, 1.54) is 6.07 Å². The first-order valence-corrected chi connectivity index (χ1v) is 8.46. The first-order valence-electron chi connectivity index (χ1n) is 8.46. The number of nitrogens with zero attached hydrogens (tertiary/aromatic N) is 2. The highest BCUT2D eigenvalue weighted by atomic mass is 19.1. The van der Waals surface area contributed by atoms with Crippen molar-refractivity contribution in [2.75, 3.05) is 6.61 Å². The summed E-state index contributed by atoms with van der Waals surface area (Å²) in [5.41, 5.74) is 4.61. The summed E-state index contributed by atoms with van der Waals surface area (Å²) < 4.78 is 21.9. The number of rotatable bonds is 3. The molecule has 2 aromatic carbocycles. The molecule has 2 aliphatic heterocycles. The van der Waals surface area contributed by atoms with Gasteiger partial charge >= 0.3 is 0 Å². The average molecular weight is 336 g/mol. The topological polar surface area (TPSA) is 47.3 Å². The Morgan fingerprint density at radius 3 is 3.12 bits per heavy atom. The fraction of sp³-hybridized carbons (Fsp3) is 0.250. The molecule has 0 radical (unpaired) electrons. The maximum absolute atomic E-state index is 14.4. The lowest BCUT2D eigenvalue weighted by molar-refractivity contribution is 0.149. The van der Waals surface area contributed by atoms with Crippen LogP contribution in [-0.4, -0.2) is 21.3 Å². The Balaban J connectivity index is 1.50. The molecule has 0 saturated heterocycles. The maximum Gasteiger partial charge on any atom is 0.132 e. The Kier molecular flexibility index (Phi) is 3.18. The molecule has 4 nitrogen and oxygen atoms in total. The van der Waals surface area contributed by atoms with Gasteiger partial charge in [0, 0.05) is 30.0 Å². The Labute approximate surface area is 144 Å². The van der Waals surface area contributed by atoms with Crippen LogP contribution in [0.15, 0.2) is 48.9 Å². The summed E-state index contributed by atoms with van der Waals surface area (Å²) in [6, 6.07) is 11.2. The van der Waals surface area contributed by atoms with Crippen LogP contribution in [0.5, 0.6) is 5.75 Å². The molecule has 126 valence electrons. The number of imidazole rings is 1. The van der Waals surface area contributed by atoms with E-state index in [0.29, 0.717) is 24.3 Å². The van der Waals surface area contributed by atoms with E-state index in [2.05, 4.69) is 21.7 Å². The number of aromatic nitrogens is 2. The largest absolute Gasteiger partial charge is 0.493 e. The molecule has 0 spiro atoms. The lowest BCUT2D eigenvalue weighted by Crippen LogP contribution is -2.11. The molecule has 1 aromatic heterocycles. The SMILES string of the molecule is O[C@@H](C[C@H]1c2ccccc2-c2cncn21)c1cc2c(cc1F)OCC2. The zero-order chi connectivity index (χ0) is 17.0. The van der Waals surface area contributed by atoms with E-state index < -0.39 is 11.9 Å². The van der Waals surface area contributed by atoms with Crippen LogP contribution >= 0.6 is 0 Å². The first kappa shape index (κ1) is 14.7. The van der Waals surface area contributed by atoms with Crippen molar-refractivity contribution in [3.8, 4) is 17.0 Å². The number of halogens is 1. The molecule has 25 heavy (non-hydrogen) atoms. The number of benzene rings is 2. The molecule has 0 bridgehead atoms. The van der Waals surface area contributed by atoms with Gasteiger partial charge in [-0.1, -0.05) is 24.3 Å². The molecule has 2 atom stereocenters. The molecule has 0 amide bonds. The quantitative estimate of drug-likeness (QED) is 0.794. The number of hydrogen-bond donors (Lipinski definition) is 1. The molecular weight excluding hydrogens is 319 g/mol. The van der Waals surface area contributed by atoms with E-state index >= 15 is 0 Å². The van der Waals surface area contributed by atoms with Gasteiger partial charge in [0.1, 0.15) is 11.6 Å². The van der Waals surface area contributed by atoms with Gasteiger partial charge in [0.15, 0.2) is 0 Å². The van der Waals surface area contributed by atoms with Gasteiger partial charge < -0.3 is 14.4 Å². The number of hydrogen-bond acceptors (Lipinski definition) is 3. The van der Waals surface area contributed by atoms with Crippen molar-refractivity contribution in [2.24, 2.45) is 0 Å². The fourth-order valence-corrected chi connectivity index (χ4v) is 3.99. The zero-order valence-corrected chi connectivity index (χ0v) is 13.5. The van der Waals surface area contributed by atoms with Gasteiger partial charge in [-0.15, -0.1) is 0 Å². The van der Waals surface area contributed by atoms with Crippen molar-refractivity contribution in [3.63, 3.8) is 0 Å². The van der Waals surface area contributed by atoms with Crippen LogP contribution in [0.3, 0.4) is 0 Å². The highest BCUT2D eigenvalue weighted by Gasteiger charge is 2.31. The smallest absolute Gasteiger partial charge is 0.132 e. The number of ether oxygens (including phenoxy) is 1. The van der Waals surface area contributed by atoms with Crippen LogP contribution < -0.4 is 4.74 Å². The van der Waals surface area contributed by atoms with Gasteiger partial charge in [-0.2, -0.15) is 0 Å². The summed E-state index contributed by atoms with van der Waals surface area (Å²) >= 11 is 0. The zero-order valence-electron chi connectivity index (χ0n) is 13.5. The second-order valence-corrected chi connectivity index (χ2v) is 6.62. The van der Waals surface area contributed by atoms with Crippen molar-refractivity contribution in [2.45, 2.75) is 25.0 Å². The maximum atomic E-state index is 14.4. The van der Waals surface area contributed by atoms with Crippen LogP contribution in [0, 0.1) is 5.82 Å². The molecule has 1 N–H and O–H groups in total. The molecule has 5 rings (SSSR count). The van der Waals surface area contributed by atoms with E-state index in [0.717, 1.165) is 28.8 Å². The Morgan fingerprint density at radius 2 is 2.20 bits per heavy atom. The second kappa shape index (κ2) is 5.43. The Bertz CT molecular complexity index is 966. The highest BCUT2D eigenvalue weighted by Crippen LogP contribution is 2.43. The van der Waals surface area contributed by atoms with E-state index in [1.807, 2.05) is 18.3 Å². The van der Waals surface area contributed by atoms with Crippen LogP contribution in [-0.2, 0) is 6.42 Å². The summed E-state index contributed by atoms with van der Waals surface area (Å²) in [7, 11) is 0. The fourth-order valence-electron chi connectivity index (χ4n) is 3.99. The van der Waals surface area contributed by atoms with Gasteiger partial charge in [-0.05, 0) is 17.2 Å². The van der Waals surface area contributed by atoms with Gasteiger partial charge in [0.25, 0.3) is 0 Å². The summed E-state index contributed by atoms with van der Waals surface area (Å²) in [6.45, 7) is 0.572. The van der Waals surface area contributed by atoms with Crippen LogP contribution in [0.25, 0.3) is 11.3 Å². The van der Waals surface area contributed by atoms with Crippen LogP contribution in [0.4, 0.5) is 4.39 Å². The molecule has 5 heteroatoms. The van der Waals surface area contributed by atoms with E-state index in [4.69, 9.17) is 4.74 Å². The Morgan fingerprint density at radius 1 is 1.32 bits per heavy atom. The molecule has 3 heterocycles. The predicted octanol–water partition coefficient (Wildman–Crippen LogP) is 3.65. The third-order valence-corrected chi connectivity index (χ3v) is 5.21. The molecule has 0 fully saturated rings. The summed E-state index contributed by atoms with van der Waals surface area (Å²) in [4.78, 5) is 4.23. The summed E-state index contributed by atoms with van der Waals surface area (Å²) in [5.74, 6) is 0.182. The van der Waals surface area contributed by atoms with Crippen molar-refractivity contribution < 1.29 is 14.2 Å². The number of fused-ring (bicyclic) bond motifs is 4. The van der Waals surface area contributed by atoms with Gasteiger partial charge in [0.2, 0.25) is 0 Å². The lowest BCUT2D eigenvalue weighted by Gasteiger charge is -2.20. The second-order valence-electron chi connectivity index (χ2n) is 6.62. The van der Waals surface area contributed by atoms with E-state index in [1.54, 1.807) is 12.4 Å². The lowest BCUT2D eigenvalue weighted by atomic mass is 9.94. The van der Waals surface area contributed by atoms with Crippen molar-refractivity contribution in [1.29, 1.82) is 0 Å². The molecule has 0 unspecified atom stereocenters. The van der Waals surface area contributed by atoms with E-state index in [-0.39, 0.29) is 6.04 Å². The van der Waals surface area contributed by atoms with Crippen LogP contribution in [0.2, 0.25) is 0 Å². The molecule has 2 aliphatic rings. The molecular formula is C20H17FN2O2. The summed E-state index contributed by atoms with van der Waals surface area (Å²) in [6.07, 6.45) is 3.87. The molecule has 0 aliphatic carbocycles. The minimum atomic E-state index is -0.891.